The molecule has 1 N–H and O–H groups in total. The van der Waals surface area contributed by atoms with Gasteiger partial charge in [0.25, 0.3) is 5.91 Å². The molecule has 0 unspecified atom stereocenters. The Morgan fingerprint density at radius 3 is 2.50 bits per heavy atom. The van der Waals surface area contributed by atoms with Crippen LogP contribution in [0, 0.1) is 6.92 Å². The predicted octanol–water partition coefficient (Wildman–Crippen LogP) is 2.44. The number of benzene rings is 1. The van der Waals surface area contributed by atoms with E-state index < -0.39 is 5.97 Å². The van der Waals surface area contributed by atoms with Crippen LogP contribution in [0.25, 0.3) is 0 Å². The average molecular weight is 300 g/mol. The van der Waals surface area contributed by atoms with E-state index in [-0.39, 0.29) is 11.8 Å². The van der Waals surface area contributed by atoms with Crippen LogP contribution in [0.15, 0.2) is 36.5 Å². The van der Waals surface area contributed by atoms with Gasteiger partial charge in [0.15, 0.2) is 0 Å². The number of carbonyl (C=O) groups is 2. The maximum atomic E-state index is 12.3. The van der Waals surface area contributed by atoms with Crippen LogP contribution in [0.3, 0.4) is 0 Å². The topological polar surface area (TPSA) is 77.5 Å². The van der Waals surface area contributed by atoms with E-state index in [9.17, 15) is 9.59 Å². The summed E-state index contributed by atoms with van der Waals surface area (Å²) >= 11 is 0. The van der Waals surface area contributed by atoms with Crippen molar-refractivity contribution in [2.24, 2.45) is 0 Å². The largest absolute Gasteiger partial charge is 0.480 e. The summed E-state index contributed by atoms with van der Waals surface area (Å²) in [6.45, 7) is 1.74. The quantitative estimate of drug-likeness (QED) is 0.877. The lowest BCUT2D eigenvalue weighted by Gasteiger charge is -2.12. The fraction of sp³-hybridized carbons (Fsp3) is 0.188. The Balaban J connectivity index is 2.31. The summed E-state index contributed by atoms with van der Waals surface area (Å²) in [5.41, 5.74) is 1.87. The summed E-state index contributed by atoms with van der Waals surface area (Å²) in [5.74, 6) is -0.579. The molecule has 0 aliphatic carbocycles. The number of methoxy groups -OCH3 is 2. The van der Waals surface area contributed by atoms with Crippen LogP contribution in [-0.2, 0) is 4.74 Å². The summed E-state index contributed by atoms with van der Waals surface area (Å²) in [6.07, 6.45) is 1.54. The summed E-state index contributed by atoms with van der Waals surface area (Å²) in [7, 11) is 2.76. The minimum Gasteiger partial charge on any atom is -0.480 e. The molecule has 2 aromatic rings. The van der Waals surface area contributed by atoms with Gasteiger partial charge in [-0.1, -0.05) is 6.07 Å². The normalized spacial score (nSPS) is 9.95. The molecule has 6 heteroatoms. The molecule has 2 rings (SSSR count). The average Bonchev–Trinajstić information content (AvgIpc) is 2.55. The Morgan fingerprint density at radius 2 is 1.82 bits per heavy atom. The van der Waals surface area contributed by atoms with Gasteiger partial charge in [-0.2, -0.15) is 0 Å². The van der Waals surface area contributed by atoms with Crippen LogP contribution >= 0.6 is 0 Å². The number of esters is 1. The number of amides is 1. The first-order valence-corrected chi connectivity index (χ1v) is 6.56. The Kier molecular flexibility index (Phi) is 4.73. The highest BCUT2D eigenvalue weighted by Crippen LogP contribution is 2.22. The van der Waals surface area contributed by atoms with Gasteiger partial charge in [-0.05, 0) is 36.8 Å². The second-order valence-electron chi connectivity index (χ2n) is 4.48. The van der Waals surface area contributed by atoms with Gasteiger partial charge in [0, 0.05) is 11.9 Å². The number of nitrogens with one attached hydrogen (secondary N) is 1. The third-order valence-electron chi connectivity index (χ3n) is 3.20. The standard InChI is InChI=1S/C16H16N2O4/c1-10-11(16(20)22-3)6-4-8-13(10)18-14(19)12-7-5-9-17-15(12)21-2/h4-9H,1-3H3,(H,18,19). The van der Waals surface area contributed by atoms with Crippen LogP contribution in [0.5, 0.6) is 5.88 Å². The van der Waals surface area contributed by atoms with E-state index in [0.717, 1.165) is 0 Å². The van der Waals surface area contributed by atoms with Crippen LogP contribution in [0.2, 0.25) is 0 Å². The van der Waals surface area contributed by atoms with Crippen molar-refractivity contribution >= 4 is 17.6 Å². The lowest BCUT2D eigenvalue weighted by Crippen LogP contribution is -2.15. The van der Waals surface area contributed by atoms with Crippen LogP contribution in [0.4, 0.5) is 5.69 Å². The molecular weight excluding hydrogens is 284 g/mol. The molecule has 0 saturated heterocycles. The van der Waals surface area contributed by atoms with Gasteiger partial charge >= 0.3 is 5.97 Å². The molecule has 0 saturated carbocycles. The van der Waals surface area contributed by atoms with E-state index in [1.807, 2.05) is 0 Å². The van der Waals surface area contributed by atoms with E-state index in [1.165, 1.54) is 14.2 Å². The molecule has 1 heterocycles. The number of ether oxygens (including phenoxy) is 2. The Hall–Kier alpha value is -2.89. The van der Waals surface area contributed by atoms with Crippen LogP contribution in [-0.4, -0.2) is 31.1 Å². The maximum absolute atomic E-state index is 12.3. The third-order valence-corrected chi connectivity index (χ3v) is 3.20. The number of hydrogen-bond donors (Lipinski definition) is 1. The number of aromatic nitrogens is 1. The zero-order chi connectivity index (χ0) is 16.1. The molecule has 0 bridgehead atoms. The van der Waals surface area contributed by atoms with Crippen molar-refractivity contribution in [1.29, 1.82) is 0 Å². The number of rotatable bonds is 4. The van der Waals surface area contributed by atoms with E-state index in [2.05, 4.69) is 10.3 Å². The lowest BCUT2D eigenvalue weighted by molar-refractivity contribution is 0.0599. The molecule has 114 valence electrons. The minimum atomic E-state index is -0.451. The number of pyridine rings is 1. The zero-order valence-corrected chi connectivity index (χ0v) is 12.5. The van der Waals surface area contributed by atoms with Crippen molar-refractivity contribution in [2.45, 2.75) is 6.92 Å². The second kappa shape index (κ2) is 6.71. The first-order chi connectivity index (χ1) is 10.6. The molecular formula is C16H16N2O4. The van der Waals surface area contributed by atoms with Gasteiger partial charge in [0.05, 0.1) is 19.8 Å². The molecule has 6 nitrogen and oxygen atoms in total. The molecule has 0 atom stereocenters. The summed E-state index contributed by atoms with van der Waals surface area (Å²) in [5, 5.41) is 2.75. The fourth-order valence-electron chi connectivity index (χ4n) is 2.02. The summed E-state index contributed by atoms with van der Waals surface area (Å²) in [4.78, 5) is 28.0. The molecule has 1 aromatic heterocycles. The Labute approximate surface area is 128 Å². The van der Waals surface area contributed by atoms with Gasteiger partial charge in [-0.25, -0.2) is 9.78 Å². The molecule has 0 fully saturated rings. The minimum absolute atomic E-state index is 0.238. The summed E-state index contributed by atoms with van der Waals surface area (Å²) < 4.78 is 9.78. The number of anilines is 1. The third kappa shape index (κ3) is 3.06. The molecule has 0 aliphatic rings. The SMILES string of the molecule is COC(=O)c1cccc(NC(=O)c2cccnc2OC)c1C. The van der Waals surface area contributed by atoms with E-state index in [0.29, 0.717) is 22.4 Å². The fourth-order valence-corrected chi connectivity index (χ4v) is 2.02. The predicted molar refractivity (Wildman–Crippen MR) is 81.3 cm³/mol. The van der Waals surface area contributed by atoms with E-state index in [4.69, 9.17) is 9.47 Å². The first kappa shape index (κ1) is 15.5. The molecule has 1 aromatic carbocycles. The van der Waals surface area contributed by atoms with Crippen molar-refractivity contribution in [3.63, 3.8) is 0 Å². The highest BCUT2D eigenvalue weighted by Gasteiger charge is 2.16. The highest BCUT2D eigenvalue weighted by molar-refractivity contribution is 6.07. The number of nitrogens with zero attached hydrogens (tertiary/aromatic N) is 1. The van der Waals surface area contributed by atoms with Gasteiger partial charge in [0.2, 0.25) is 5.88 Å². The Morgan fingerprint density at radius 1 is 1.09 bits per heavy atom. The van der Waals surface area contributed by atoms with Gasteiger partial charge in [0.1, 0.15) is 5.56 Å². The van der Waals surface area contributed by atoms with Crippen molar-refractivity contribution in [3.05, 3.63) is 53.2 Å². The molecule has 0 radical (unpaired) electrons. The smallest absolute Gasteiger partial charge is 0.338 e. The first-order valence-electron chi connectivity index (χ1n) is 6.56. The van der Waals surface area contributed by atoms with Crippen molar-refractivity contribution in [3.8, 4) is 5.88 Å². The molecule has 22 heavy (non-hydrogen) atoms. The lowest BCUT2D eigenvalue weighted by atomic mass is 10.1. The molecule has 0 spiro atoms. The second-order valence-corrected chi connectivity index (χ2v) is 4.48. The molecule has 0 aliphatic heterocycles. The number of hydrogen-bond acceptors (Lipinski definition) is 5. The van der Waals surface area contributed by atoms with Gasteiger partial charge < -0.3 is 14.8 Å². The van der Waals surface area contributed by atoms with Crippen molar-refractivity contribution in [2.75, 3.05) is 19.5 Å². The van der Waals surface area contributed by atoms with E-state index in [1.54, 1.807) is 43.5 Å². The van der Waals surface area contributed by atoms with Crippen molar-refractivity contribution in [1.82, 2.24) is 4.98 Å². The van der Waals surface area contributed by atoms with E-state index >= 15 is 0 Å². The highest BCUT2D eigenvalue weighted by atomic mass is 16.5. The van der Waals surface area contributed by atoms with Gasteiger partial charge in [-0.3, -0.25) is 4.79 Å². The Bertz CT molecular complexity index is 713. The van der Waals surface area contributed by atoms with Crippen LogP contribution < -0.4 is 10.1 Å². The van der Waals surface area contributed by atoms with Crippen molar-refractivity contribution < 1.29 is 19.1 Å². The summed E-state index contributed by atoms with van der Waals surface area (Å²) in [6, 6.07) is 8.29. The maximum Gasteiger partial charge on any atom is 0.338 e. The van der Waals surface area contributed by atoms with Gasteiger partial charge in [-0.15, -0.1) is 0 Å². The van der Waals surface area contributed by atoms with Crippen LogP contribution in [0.1, 0.15) is 26.3 Å². The molecule has 1 amide bonds. The number of carbonyl (C=O) groups excluding carboxylic acids is 2. The monoisotopic (exact) mass is 300 g/mol. The zero-order valence-electron chi connectivity index (χ0n) is 12.5.